The summed E-state index contributed by atoms with van der Waals surface area (Å²) in [6.07, 6.45) is 0. The summed E-state index contributed by atoms with van der Waals surface area (Å²) in [7, 11) is 1.00. The van der Waals surface area contributed by atoms with Crippen molar-refractivity contribution in [3.05, 3.63) is 0 Å². The average Bonchev–Trinajstić information content (AvgIpc) is 1.86. The molecule has 0 heterocycles. The van der Waals surface area contributed by atoms with E-state index in [1.165, 1.54) is 0 Å². The molecule has 0 radical (unpaired) electrons. The number of hydrogen-bond donors (Lipinski definition) is 1. The first-order chi connectivity index (χ1) is 6.20. The van der Waals surface area contributed by atoms with E-state index in [9.17, 15) is 0 Å². The molecule has 92 valence electrons. The van der Waals surface area contributed by atoms with Gasteiger partial charge in [-0.25, -0.2) is 0 Å². The average molecular weight is 312 g/mol. The molecule has 0 aliphatic rings. The molecular weight excluding hydrogens is 299 g/mol. The van der Waals surface area contributed by atoms with Crippen LogP contribution in [0.3, 0.4) is 0 Å². The van der Waals surface area contributed by atoms with Crippen molar-refractivity contribution in [2.24, 2.45) is 0 Å². The summed E-state index contributed by atoms with van der Waals surface area (Å²) in [5, 5.41) is 33.7. The van der Waals surface area contributed by atoms with Crippen LogP contribution in [-0.4, -0.2) is 30.1 Å². The van der Waals surface area contributed by atoms with Crippen molar-refractivity contribution >= 4 is 17.9 Å². The van der Waals surface area contributed by atoms with E-state index in [4.69, 9.17) is 34.8 Å². The summed E-state index contributed by atoms with van der Waals surface area (Å²) < 4.78 is 0. The molecule has 0 aromatic heterocycles. The monoisotopic (exact) mass is 312 g/mol. The Morgan fingerprint density at radius 2 is 0.733 bits per heavy atom. The number of aliphatic carboxylic acids is 3. The molecular formula is C7H13O7Rh. The minimum atomic E-state index is -1.08. The Kier molecular flexibility index (Phi) is 57.0. The van der Waals surface area contributed by atoms with Crippen LogP contribution in [0.25, 0.3) is 0 Å². The van der Waals surface area contributed by atoms with Crippen molar-refractivity contribution in [1.29, 1.82) is 0 Å². The predicted octanol–water partition coefficient (Wildman–Crippen LogP) is -4.13. The van der Waals surface area contributed by atoms with E-state index in [0.29, 0.717) is 0 Å². The van der Waals surface area contributed by atoms with Gasteiger partial charge in [0.05, 0.1) is 0 Å². The molecule has 0 saturated heterocycles. The van der Waals surface area contributed by atoms with Gasteiger partial charge in [-0.1, -0.05) is 0 Å². The van der Waals surface area contributed by atoms with Crippen LogP contribution in [0.2, 0.25) is 0 Å². The predicted molar refractivity (Wildman–Crippen MR) is 40.2 cm³/mol. The van der Waals surface area contributed by atoms with E-state index in [-0.39, 0.29) is 19.5 Å². The van der Waals surface area contributed by atoms with Gasteiger partial charge in [0.1, 0.15) is 0 Å². The Bertz CT molecular complexity index is 117. The molecule has 0 rings (SSSR count). The Hall–Kier alpha value is -1.01. The van der Waals surface area contributed by atoms with Crippen LogP contribution in [0.15, 0.2) is 0 Å². The third kappa shape index (κ3) is 1550. The maximum absolute atomic E-state index is 8.89. The Balaban J connectivity index is -0.0000000298. The minimum absolute atomic E-state index is 0. The number of carboxylic acids is 3. The molecule has 0 aliphatic heterocycles. The fraction of sp³-hybridized carbons (Fsp3) is 0.571. The van der Waals surface area contributed by atoms with Crippen LogP contribution < -0.4 is 15.3 Å². The van der Waals surface area contributed by atoms with Gasteiger partial charge in [-0.15, -0.1) is 0 Å². The zero-order chi connectivity index (χ0) is 12.7. The molecule has 0 aromatic carbocycles. The summed E-state index contributed by atoms with van der Waals surface area (Å²) in [6.45, 7) is 2.92. The number of carbonyl (C=O) groups excluding carboxylic acids is 3. The van der Waals surface area contributed by atoms with Gasteiger partial charge in [0.25, 0.3) is 0 Å². The van der Waals surface area contributed by atoms with Crippen LogP contribution in [0.1, 0.15) is 20.8 Å². The van der Waals surface area contributed by atoms with Crippen molar-refractivity contribution in [2.75, 3.05) is 7.11 Å². The normalized spacial score (nSPS) is 5.40. The van der Waals surface area contributed by atoms with Gasteiger partial charge in [-0.3, -0.25) is 0 Å². The van der Waals surface area contributed by atoms with Crippen LogP contribution in [-0.2, 0) is 33.9 Å². The van der Waals surface area contributed by atoms with E-state index in [0.717, 1.165) is 27.9 Å². The summed E-state index contributed by atoms with van der Waals surface area (Å²) in [5.74, 6) is -3.25. The number of carboxylic acid groups (broad SMARTS) is 3. The third-order valence-corrected chi connectivity index (χ3v) is 0. The van der Waals surface area contributed by atoms with Gasteiger partial charge in [-0.05, 0) is 20.8 Å². The SMILES string of the molecule is CC(=O)[O-].CC(=O)[O-].CC(=O)[O-].CO.[Rh+3]. The van der Waals surface area contributed by atoms with Gasteiger partial charge in [0.2, 0.25) is 0 Å². The molecule has 0 aliphatic carbocycles. The number of rotatable bonds is 0. The van der Waals surface area contributed by atoms with Gasteiger partial charge >= 0.3 is 19.5 Å². The topological polar surface area (TPSA) is 141 Å². The number of aliphatic hydroxyl groups excluding tert-OH is 1. The molecule has 0 amide bonds. The summed E-state index contributed by atoms with van der Waals surface area (Å²) >= 11 is 0. The number of aliphatic hydroxyl groups is 1. The van der Waals surface area contributed by atoms with E-state index in [1.54, 1.807) is 0 Å². The first-order valence-electron chi connectivity index (χ1n) is 3.17. The number of hydrogen-bond acceptors (Lipinski definition) is 7. The van der Waals surface area contributed by atoms with Crippen molar-refractivity contribution in [2.45, 2.75) is 20.8 Å². The van der Waals surface area contributed by atoms with Crippen molar-refractivity contribution in [3.8, 4) is 0 Å². The zero-order valence-corrected chi connectivity index (χ0v) is 10.4. The first kappa shape index (κ1) is 29.2. The molecule has 1 N–H and O–H groups in total. The fourth-order valence-corrected chi connectivity index (χ4v) is 0. The molecule has 0 aromatic rings. The Morgan fingerprint density at radius 1 is 0.733 bits per heavy atom. The second kappa shape index (κ2) is 29.3. The molecule has 0 spiro atoms. The molecule has 0 fully saturated rings. The molecule has 0 unspecified atom stereocenters. The van der Waals surface area contributed by atoms with Crippen molar-refractivity contribution in [1.82, 2.24) is 0 Å². The molecule has 0 saturated carbocycles. The van der Waals surface area contributed by atoms with E-state index >= 15 is 0 Å². The Labute approximate surface area is 100 Å². The summed E-state index contributed by atoms with van der Waals surface area (Å²) in [4.78, 5) is 26.7. The first-order valence-corrected chi connectivity index (χ1v) is 3.17. The van der Waals surface area contributed by atoms with Gasteiger partial charge in [0.15, 0.2) is 0 Å². The van der Waals surface area contributed by atoms with Crippen LogP contribution in [0.5, 0.6) is 0 Å². The Morgan fingerprint density at radius 3 is 0.733 bits per heavy atom. The zero-order valence-electron chi connectivity index (χ0n) is 8.73. The van der Waals surface area contributed by atoms with Crippen molar-refractivity contribution < 1.29 is 54.3 Å². The van der Waals surface area contributed by atoms with Crippen LogP contribution in [0, 0.1) is 0 Å². The van der Waals surface area contributed by atoms with E-state index < -0.39 is 17.9 Å². The van der Waals surface area contributed by atoms with E-state index in [1.807, 2.05) is 0 Å². The molecule has 7 nitrogen and oxygen atoms in total. The van der Waals surface area contributed by atoms with Crippen LogP contribution >= 0.6 is 0 Å². The van der Waals surface area contributed by atoms with Gasteiger partial charge < -0.3 is 34.8 Å². The van der Waals surface area contributed by atoms with Crippen molar-refractivity contribution in [3.63, 3.8) is 0 Å². The molecule has 8 heteroatoms. The largest absolute Gasteiger partial charge is 3.00 e. The van der Waals surface area contributed by atoms with Gasteiger partial charge in [0, 0.05) is 25.0 Å². The minimum Gasteiger partial charge on any atom is -0.550 e. The maximum atomic E-state index is 8.89. The number of carbonyl (C=O) groups is 3. The second-order valence-electron chi connectivity index (χ2n) is 1.47. The summed E-state index contributed by atoms with van der Waals surface area (Å²) in [5.41, 5.74) is 0. The quantitative estimate of drug-likeness (QED) is 0.448. The molecule has 15 heavy (non-hydrogen) atoms. The van der Waals surface area contributed by atoms with Gasteiger partial charge in [-0.2, -0.15) is 0 Å². The third-order valence-electron chi connectivity index (χ3n) is 0. The standard InChI is InChI=1S/3C2H4O2.CH4O.Rh/c3*1-2(3)4;1-2;/h3*1H3,(H,3,4);2H,1H3;/q;;;;+3/p-3. The maximum Gasteiger partial charge on any atom is 3.00 e. The summed E-state index contributed by atoms with van der Waals surface area (Å²) in [6, 6.07) is 0. The fourth-order valence-electron chi connectivity index (χ4n) is 0. The molecule has 0 atom stereocenters. The van der Waals surface area contributed by atoms with Crippen LogP contribution in [0.4, 0.5) is 0 Å². The second-order valence-corrected chi connectivity index (χ2v) is 1.47. The molecule has 0 bridgehead atoms. The smallest absolute Gasteiger partial charge is 0.550 e. The van der Waals surface area contributed by atoms with E-state index in [2.05, 4.69) is 0 Å².